The zero-order valence-corrected chi connectivity index (χ0v) is 12.5. The fourth-order valence-corrected chi connectivity index (χ4v) is 1.96. The van der Waals surface area contributed by atoms with Gasteiger partial charge in [0.25, 0.3) is 0 Å². The van der Waals surface area contributed by atoms with Crippen molar-refractivity contribution < 1.29 is 4.79 Å². The van der Waals surface area contributed by atoms with E-state index in [4.69, 9.17) is 0 Å². The van der Waals surface area contributed by atoms with Gasteiger partial charge in [0.05, 0.1) is 0 Å². The first-order chi connectivity index (χ1) is 8.22. The highest BCUT2D eigenvalue weighted by atomic mass is 127. The average Bonchev–Trinajstić information content (AvgIpc) is 2.32. The van der Waals surface area contributed by atoms with E-state index < -0.39 is 0 Å². The maximum Gasteiger partial charge on any atom is 0.220 e. The molecule has 94 valence electrons. The van der Waals surface area contributed by atoms with Crippen LogP contribution in [0, 0.1) is 3.57 Å². The minimum atomic E-state index is 0.184. The van der Waals surface area contributed by atoms with Crippen molar-refractivity contribution in [2.24, 2.45) is 0 Å². The molecule has 0 bridgehead atoms. The monoisotopic (exact) mass is 345 g/mol. The van der Waals surface area contributed by atoms with Gasteiger partial charge in [-0.25, -0.2) is 0 Å². The van der Waals surface area contributed by atoms with Gasteiger partial charge in [-0.05, 0) is 59.5 Å². The van der Waals surface area contributed by atoms with Gasteiger partial charge in [-0.15, -0.1) is 0 Å². The van der Waals surface area contributed by atoms with Crippen LogP contribution in [-0.2, 0) is 11.2 Å². The van der Waals surface area contributed by atoms with Gasteiger partial charge < -0.3 is 5.32 Å². The van der Waals surface area contributed by atoms with Crippen molar-refractivity contribution in [2.75, 3.05) is 6.54 Å². The summed E-state index contributed by atoms with van der Waals surface area (Å²) in [7, 11) is 0. The molecule has 1 aromatic carbocycles. The Morgan fingerprint density at radius 1 is 1.24 bits per heavy atom. The highest BCUT2D eigenvalue weighted by Gasteiger charge is 2.00. The number of amides is 1. The van der Waals surface area contributed by atoms with Crippen LogP contribution in [0.5, 0.6) is 0 Å². The molecule has 1 amide bonds. The lowest BCUT2D eigenvalue weighted by molar-refractivity contribution is -0.121. The summed E-state index contributed by atoms with van der Waals surface area (Å²) >= 11 is 2.30. The molecule has 0 aliphatic carbocycles. The molecule has 17 heavy (non-hydrogen) atoms. The fraction of sp³-hybridized carbons (Fsp3) is 0.500. The van der Waals surface area contributed by atoms with Crippen LogP contribution in [0.4, 0.5) is 0 Å². The second kappa shape index (κ2) is 8.50. The van der Waals surface area contributed by atoms with E-state index in [-0.39, 0.29) is 5.91 Å². The summed E-state index contributed by atoms with van der Waals surface area (Å²) < 4.78 is 1.25. The fourth-order valence-electron chi connectivity index (χ4n) is 1.60. The lowest BCUT2D eigenvalue weighted by Gasteiger charge is -2.04. The van der Waals surface area contributed by atoms with Crippen LogP contribution >= 0.6 is 22.6 Å². The molecule has 0 saturated carbocycles. The molecule has 0 aromatic heterocycles. The van der Waals surface area contributed by atoms with Crippen molar-refractivity contribution in [3.63, 3.8) is 0 Å². The number of halogens is 1. The van der Waals surface area contributed by atoms with Crippen molar-refractivity contribution in [3.8, 4) is 0 Å². The molecule has 0 heterocycles. The van der Waals surface area contributed by atoms with Gasteiger partial charge in [-0.1, -0.05) is 25.5 Å². The van der Waals surface area contributed by atoms with Crippen LogP contribution in [0.3, 0.4) is 0 Å². The highest BCUT2D eigenvalue weighted by Crippen LogP contribution is 2.09. The normalized spacial score (nSPS) is 10.2. The number of carbonyl (C=O) groups is 1. The first kappa shape index (κ1) is 14.5. The molecule has 2 nitrogen and oxygen atoms in total. The minimum Gasteiger partial charge on any atom is -0.356 e. The summed E-state index contributed by atoms with van der Waals surface area (Å²) in [6.07, 6.45) is 4.75. The summed E-state index contributed by atoms with van der Waals surface area (Å²) in [6.45, 7) is 2.95. The van der Waals surface area contributed by atoms with Crippen molar-refractivity contribution in [2.45, 2.75) is 39.0 Å². The molecule has 0 atom stereocenters. The molecule has 0 spiro atoms. The number of hydrogen-bond donors (Lipinski definition) is 1. The predicted molar refractivity (Wildman–Crippen MR) is 80.0 cm³/mol. The predicted octanol–water partition coefficient (Wildman–Crippen LogP) is 3.53. The SMILES string of the molecule is CCCCNC(=O)CCCc1ccc(I)cc1. The summed E-state index contributed by atoms with van der Waals surface area (Å²) in [5.41, 5.74) is 1.31. The Hall–Kier alpha value is -0.580. The van der Waals surface area contributed by atoms with Gasteiger partial charge in [-0.3, -0.25) is 4.79 Å². The third kappa shape index (κ3) is 6.66. The molecule has 0 unspecified atom stereocenters. The molecule has 0 aliphatic heterocycles. The summed E-state index contributed by atoms with van der Waals surface area (Å²) in [6, 6.07) is 8.49. The minimum absolute atomic E-state index is 0.184. The first-order valence-electron chi connectivity index (χ1n) is 6.23. The molecule has 1 aromatic rings. The zero-order chi connectivity index (χ0) is 12.5. The van der Waals surface area contributed by atoms with Crippen LogP contribution in [0.2, 0.25) is 0 Å². The topological polar surface area (TPSA) is 29.1 Å². The lowest BCUT2D eigenvalue weighted by atomic mass is 10.1. The van der Waals surface area contributed by atoms with Crippen LogP contribution in [0.25, 0.3) is 0 Å². The molecule has 3 heteroatoms. The number of aryl methyl sites for hydroxylation is 1. The molecular weight excluding hydrogens is 325 g/mol. The van der Waals surface area contributed by atoms with E-state index in [0.29, 0.717) is 6.42 Å². The lowest BCUT2D eigenvalue weighted by Crippen LogP contribution is -2.23. The van der Waals surface area contributed by atoms with Gasteiger partial charge in [0, 0.05) is 16.5 Å². The second-order valence-electron chi connectivity index (χ2n) is 4.18. The highest BCUT2D eigenvalue weighted by molar-refractivity contribution is 14.1. The molecule has 1 N–H and O–H groups in total. The van der Waals surface area contributed by atoms with Gasteiger partial charge in [-0.2, -0.15) is 0 Å². The Morgan fingerprint density at radius 2 is 1.94 bits per heavy atom. The van der Waals surface area contributed by atoms with E-state index in [0.717, 1.165) is 32.2 Å². The summed E-state index contributed by atoms with van der Waals surface area (Å²) in [5.74, 6) is 0.184. The maximum atomic E-state index is 11.4. The first-order valence-corrected chi connectivity index (χ1v) is 7.31. The number of benzene rings is 1. The zero-order valence-electron chi connectivity index (χ0n) is 10.3. The van der Waals surface area contributed by atoms with E-state index in [2.05, 4.69) is 59.1 Å². The molecular formula is C14H20INO. The Balaban J connectivity index is 2.14. The van der Waals surface area contributed by atoms with Crippen molar-refractivity contribution >= 4 is 28.5 Å². The quantitative estimate of drug-likeness (QED) is 0.595. The number of rotatable bonds is 7. The summed E-state index contributed by atoms with van der Waals surface area (Å²) in [5, 5.41) is 2.94. The third-order valence-corrected chi connectivity index (χ3v) is 3.35. The number of hydrogen-bond acceptors (Lipinski definition) is 1. The Morgan fingerprint density at radius 3 is 2.59 bits per heavy atom. The van der Waals surface area contributed by atoms with Gasteiger partial charge in [0.1, 0.15) is 0 Å². The molecule has 0 radical (unpaired) electrons. The largest absolute Gasteiger partial charge is 0.356 e. The average molecular weight is 345 g/mol. The van der Waals surface area contributed by atoms with Gasteiger partial charge in [0.2, 0.25) is 5.91 Å². The van der Waals surface area contributed by atoms with Crippen molar-refractivity contribution in [1.29, 1.82) is 0 Å². The Kier molecular flexibility index (Phi) is 7.24. The van der Waals surface area contributed by atoms with E-state index >= 15 is 0 Å². The smallest absolute Gasteiger partial charge is 0.220 e. The number of nitrogens with one attached hydrogen (secondary N) is 1. The molecule has 0 saturated heterocycles. The van der Waals surface area contributed by atoms with Crippen molar-refractivity contribution in [3.05, 3.63) is 33.4 Å². The van der Waals surface area contributed by atoms with E-state index in [9.17, 15) is 4.79 Å². The molecule has 1 rings (SSSR count). The number of carbonyl (C=O) groups excluding carboxylic acids is 1. The van der Waals surface area contributed by atoms with E-state index in [1.807, 2.05) is 0 Å². The maximum absolute atomic E-state index is 11.4. The van der Waals surface area contributed by atoms with Crippen LogP contribution in [-0.4, -0.2) is 12.5 Å². The van der Waals surface area contributed by atoms with Gasteiger partial charge >= 0.3 is 0 Å². The van der Waals surface area contributed by atoms with Crippen LogP contribution in [0.1, 0.15) is 38.2 Å². The van der Waals surface area contributed by atoms with E-state index in [1.165, 1.54) is 9.13 Å². The van der Waals surface area contributed by atoms with Gasteiger partial charge in [0.15, 0.2) is 0 Å². The third-order valence-electron chi connectivity index (χ3n) is 2.64. The summed E-state index contributed by atoms with van der Waals surface area (Å²) in [4.78, 5) is 11.4. The van der Waals surface area contributed by atoms with E-state index in [1.54, 1.807) is 0 Å². The molecule has 0 fully saturated rings. The van der Waals surface area contributed by atoms with Crippen molar-refractivity contribution in [1.82, 2.24) is 5.32 Å². The molecule has 0 aliphatic rings. The number of unbranched alkanes of at least 4 members (excludes halogenated alkanes) is 1. The second-order valence-corrected chi connectivity index (χ2v) is 5.43. The standard InChI is InChI=1S/C14H20INO/c1-2-3-11-16-14(17)6-4-5-12-7-9-13(15)10-8-12/h7-10H,2-6,11H2,1H3,(H,16,17). The van der Waals surface area contributed by atoms with Crippen LogP contribution in [0.15, 0.2) is 24.3 Å². The Bertz CT molecular complexity index is 335. The Labute approximate surface area is 117 Å². The van der Waals surface area contributed by atoms with Crippen LogP contribution < -0.4 is 5.32 Å².